The first-order valence-electron chi connectivity index (χ1n) is 20.5. The highest BCUT2D eigenvalue weighted by molar-refractivity contribution is 6.03. The predicted octanol–water partition coefficient (Wildman–Crippen LogP) is 12.5. The van der Waals surface area contributed by atoms with Gasteiger partial charge in [-0.1, -0.05) is 161 Å². The molecule has 60 heavy (non-hydrogen) atoms. The number of hydrogen-bond donors (Lipinski definition) is 0. The second kappa shape index (κ2) is 12.5. The number of nitrogens with zero attached hydrogens (tertiary/aromatic N) is 8. The highest BCUT2D eigenvalue weighted by Crippen LogP contribution is 2.58. The van der Waals surface area contributed by atoms with E-state index < -0.39 is 0 Å². The largest absolute Gasteiger partial charge is 0.308 e. The van der Waals surface area contributed by atoms with Crippen LogP contribution in [-0.4, -0.2) is 29.2 Å². The number of anilines is 6. The summed E-state index contributed by atoms with van der Waals surface area (Å²) in [5.74, 6) is 1.47. The monoisotopic (exact) mass is 776 g/mol. The van der Waals surface area contributed by atoms with Gasteiger partial charge in [0.2, 0.25) is 11.3 Å². The van der Waals surface area contributed by atoms with E-state index in [0.717, 1.165) is 67.9 Å². The zero-order chi connectivity index (χ0) is 40.3. The van der Waals surface area contributed by atoms with Crippen molar-refractivity contribution in [3.8, 4) is 22.8 Å². The molecule has 12 rings (SSSR count). The molecule has 0 amide bonds. The lowest BCUT2D eigenvalue weighted by Crippen LogP contribution is -2.33. The lowest BCUT2D eigenvalue weighted by Gasteiger charge is -2.45. The van der Waals surface area contributed by atoms with E-state index in [1.165, 1.54) is 22.3 Å². The average Bonchev–Trinajstić information content (AvgIpc) is 3.94. The van der Waals surface area contributed by atoms with Crippen LogP contribution < -0.4 is 9.80 Å². The Hall–Kier alpha value is -7.58. The Morgan fingerprint density at radius 1 is 0.333 bits per heavy atom. The predicted molar refractivity (Wildman–Crippen MR) is 242 cm³/mol. The summed E-state index contributed by atoms with van der Waals surface area (Å²) in [6.45, 7) is 9.35. The second-order valence-electron chi connectivity index (χ2n) is 16.9. The van der Waals surface area contributed by atoms with Crippen LogP contribution in [0.25, 0.3) is 45.1 Å². The van der Waals surface area contributed by atoms with Gasteiger partial charge in [0, 0.05) is 22.0 Å². The number of para-hydroxylation sites is 4. The van der Waals surface area contributed by atoms with E-state index in [9.17, 15) is 0 Å². The van der Waals surface area contributed by atoms with E-state index >= 15 is 0 Å². The van der Waals surface area contributed by atoms with Crippen molar-refractivity contribution < 1.29 is 0 Å². The van der Waals surface area contributed by atoms with Crippen LogP contribution in [0.2, 0.25) is 0 Å². The summed E-state index contributed by atoms with van der Waals surface area (Å²) in [5.41, 5.74) is 16.2. The summed E-state index contributed by atoms with van der Waals surface area (Å²) in [5, 5.41) is 19.5. The molecule has 0 aliphatic carbocycles. The van der Waals surface area contributed by atoms with Gasteiger partial charge in [-0.25, -0.2) is 0 Å². The van der Waals surface area contributed by atoms with Crippen molar-refractivity contribution in [2.45, 2.75) is 38.5 Å². The molecule has 0 unspecified atom stereocenters. The van der Waals surface area contributed by atoms with Crippen LogP contribution in [0.5, 0.6) is 0 Å². The molecule has 0 N–H and O–H groups in total. The maximum absolute atomic E-state index is 4.88. The molecule has 2 aliphatic heterocycles. The highest BCUT2D eigenvalue weighted by atomic mass is 15.3. The van der Waals surface area contributed by atoms with Crippen molar-refractivity contribution >= 4 is 56.5 Å². The van der Waals surface area contributed by atoms with Gasteiger partial charge in [0.1, 0.15) is 0 Å². The summed E-state index contributed by atoms with van der Waals surface area (Å²) in [4.78, 5) is 4.95. The lowest BCUT2D eigenvalue weighted by atomic mass is 9.73. The number of fused-ring (bicyclic) bond motifs is 10. The number of hydrogen-bond acceptors (Lipinski definition) is 6. The SMILES string of the molecule is CC1(C)c2ccccc2N(c2cc3c(cc2N2c4ccccc4C(C)(C)c4ccccc42)n2c(-c4ccccc4)nnc2c2nnc(-c4ccccc4)n32)c2ccccc21. The normalized spacial score (nSPS) is 14.9. The Kier molecular flexibility index (Phi) is 7.16. The van der Waals surface area contributed by atoms with Gasteiger partial charge in [-0.2, -0.15) is 0 Å². The number of rotatable bonds is 4. The van der Waals surface area contributed by atoms with Crippen LogP contribution in [0.1, 0.15) is 49.9 Å². The van der Waals surface area contributed by atoms with Gasteiger partial charge in [-0.3, -0.25) is 8.80 Å². The van der Waals surface area contributed by atoms with Gasteiger partial charge in [0.15, 0.2) is 11.6 Å². The van der Waals surface area contributed by atoms with Gasteiger partial charge in [-0.05, 0) is 58.7 Å². The van der Waals surface area contributed by atoms with E-state index in [1.807, 2.05) is 36.4 Å². The van der Waals surface area contributed by atoms with Gasteiger partial charge in [-0.15, -0.1) is 20.4 Å². The molecule has 0 saturated heterocycles. The molecule has 10 aromatic rings. The second-order valence-corrected chi connectivity index (χ2v) is 16.9. The van der Waals surface area contributed by atoms with Crippen LogP contribution >= 0.6 is 0 Å². The van der Waals surface area contributed by atoms with E-state index in [1.54, 1.807) is 0 Å². The molecule has 0 atom stereocenters. The van der Waals surface area contributed by atoms with Crippen molar-refractivity contribution in [2.24, 2.45) is 0 Å². The molecule has 8 nitrogen and oxygen atoms in total. The van der Waals surface area contributed by atoms with E-state index in [4.69, 9.17) is 20.4 Å². The Morgan fingerprint density at radius 2 is 0.633 bits per heavy atom. The molecule has 8 heteroatoms. The van der Waals surface area contributed by atoms with E-state index in [0.29, 0.717) is 11.3 Å². The molecule has 5 heterocycles. The molecule has 0 spiro atoms. The molecule has 7 aromatic carbocycles. The van der Waals surface area contributed by atoms with Crippen LogP contribution in [0.4, 0.5) is 34.1 Å². The van der Waals surface area contributed by atoms with Gasteiger partial charge < -0.3 is 9.80 Å². The maximum atomic E-state index is 4.88. The minimum Gasteiger partial charge on any atom is -0.308 e. The Balaban J connectivity index is 1.30. The molecular formula is C52H40N8. The minimum absolute atomic E-state index is 0.240. The lowest BCUT2D eigenvalue weighted by molar-refractivity contribution is 0.630. The summed E-state index contributed by atoms with van der Waals surface area (Å²) in [7, 11) is 0. The first kappa shape index (κ1) is 34.5. The molecule has 3 aromatic heterocycles. The van der Waals surface area contributed by atoms with Gasteiger partial charge in [0.05, 0.1) is 45.2 Å². The van der Waals surface area contributed by atoms with Crippen molar-refractivity contribution in [1.82, 2.24) is 29.2 Å². The minimum atomic E-state index is -0.240. The standard InChI is InChI=1S/C52H40N8/c1-51(2)35-23-11-15-27-39(35)57(40-28-16-12-24-36(40)51)43-31-45-46(32-44(43)58-41-29-17-13-25-37(41)52(3,4)38-26-14-18-30-42(38)58)60-48(34-21-9-6-10-22-34)54-56-50(60)49-55-53-47(59(45)49)33-19-7-5-8-20-33/h5-32H,1-4H3. The van der Waals surface area contributed by atoms with Crippen molar-refractivity contribution in [2.75, 3.05) is 9.80 Å². The molecule has 0 fully saturated rings. The fourth-order valence-electron chi connectivity index (χ4n) is 9.99. The molecule has 0 radical (unpaired) electrons. The highest BCUT2D eigenvalue weighted by Gasteiger charge is 2.41. The van der Waals surface area contributed by atoms with Crippen LogP contribution in [-0.2, 0) is 10.8 Å². The maximum Gasteiger partial charge on any atom is 0.207 e. The van der Waals surface area contributed by atoms with Crippen molar-refractivity contribution in [3.63, 3.8) is 0 Å². The molecule has 0 bridgehead atoms. The Labute approximate surface area is 347 Å². The third-order valence-corrected chi connectivity index (χ3v) is 12.9. The van der Waals surface area contributed by atoms with Gasteiger partial charge >= 0.3 is 0 Å². The quantitative estimate of drug-likeness (QED) is 0.177. The van der Waals surface area contributed by atoms with Gasteiger partial charge in [0.25, 0.3) is 0 Å². The summed E-state index contributed by atoms with van der Waals surface area (Å²) in [6, 6.07) is 60.7. The zero-order valence-electron chi connectivity index (χ0n) is 33.7. The molecular weight excluding hydrogens is 737 g/mol. The Morgan fingerprint density at radius 3 is 0.967 bits per heavy atom. The summed E-state index contributed by atoms with van der Waals surface area (Å²) < 4.78 is 4.34. The summed E-state index contributed by atoms with van der Waals surface area (Å²) >= 11 is 0. The smallest absolute Gasteiger partial charge is 0.207 e. The third kappa shape index (κ3) is 4.67. The first-order chi connectivity index (χ1) is 29.3. The number of benzene rings is 7. The van der Waals surface area contributed by atoms with Crippen LogP contribution in [0, 0.1) is 0 Å². The topological polar surface area (TPSA) is 66.9 Å². The third-order valence-electron chi connectivity index (χ3n) is 12.9. The molecule has 0 saturated carbocycles. The van der Waals surface area contributed by atoms with E-state index in [-0.39, 0.29) is 10.8 Å². The molecule has 288 valence electrons. The van der Waals surface area contributed by atoms with Crippen molar-refractivity contribution in [1.29, 1.82) is 0 Å². The zero-order valence-corrected chi connectivity index (χ0v) is 33.7. The van der Waals surface area contributed by atoms with Crippen LogP contribution in [0.15, 0.2) is 170 Å². The fraction of sp³-hybridized carbons (Fsp3) is 0.115. The number of aromatic nitrogens is 6. The fourth-order valence-corrected chi connectivity index (χ4v) is 9.99. The Bertz CT molecular complexity index is 3020. The summed E-state index contributed by atoms with van der Waals surface area (Å²) in [6.07, 6.45) is 0. The average molecular weight is 777 g/mol. The van der Waals surface area contributed by atoms with Crippen LogP contribution in [0.3, 0.4) is 0 Å². The molecule has 2 aliphatic rings. The van der Waals surface area contributed by atoms with E-state index in [2.05, 4.69) is 180 Å². The van der Waals surface area contributed by atoms with Crippen molar-refractivity contribution in [3.05, 3.63) is 192 Å². The first-order valence-corrected chi connectivity index (χ1v) is 20.5.